The van der Waals surface area contributed by atoms with Crippen molar-refractivity contribution in [1.29, 1.82) is 0 Å². The van der Waals surface area contributed by atoms with Gasteiger partial charge in [-0.3, -0.25) is 0 Å². The lowest BCUT2D eigenvalue weighted by atomic mass is 10.1. The first kappa shape index (κ1) is 12.2. The SMILES string of the molecule is CCCCC(N)c1nc(C(C)CC)no1. The van der Waals surface area contributed by atoms with Gasteiger partial charge in [0.25, 0.3) is 0 Å². The van der Waals surface area contributed by atoms with Crippen molar-refractivity contribution in [2.45, 2.75) is 58.4 Å². The van der Waals surface area contributed by atoms with Gasteiger partial charge in [-0.15, -0.1) is 0 Å². The van der Waals surface area contributed by atoms with E-state index in [0.29, 0.717) is 11.8 Å². The fraction of sp³-hybridized carbons (Fsp3) is 0.818. The molecular formula is C11H21N3O. The second-order valence-corrected chi connectivity index (χ2v) is 4.05. The molecule has 1 aromatic rings. The highest BCUT2D eigenvalue weighted by molar-refractivity contribution is 4.96. The fourth-order valence-corrected chi connectivity index (χ4v) is 1.33. The fourth-order valence-electron chi connectivity index (χ4n) is 1.33. The molecule has 0 radical (unpaired) electrons. The maximum atomic E-state index is 5.94. The van der Waals surface area contributed by atoms with Crippen LogP contribution in [0.25, 0.3) is 0 Å². The van der Waals surface area contributed by atoms with Crippen molar-refractivity contribution >= 4 is 0 Å². The van der Waals surface area contributed by atoms with Crippen molar-refractivity contribution in [2.24, 2.45) is 5.73 Å². The number of hydrogen-bond donors (Lipinski definition) is 1. The average Bonchev–Trinajstić information content (AvgIpc) is 2.74. The standard InChI is InChI=1S/C11H21N3O/c1-4-6-7-9(12)11-13-10(14-15-11)8(3)5-2/h8-9H,4-7,12H2,1-3H3. The van der Waals surface area contributed by atoms with Crippen LogP contribution >= 0.6 is 0 Å². The second kappa shape index (κ2) is 5.85. The third-order valence-corrected chi connectivity index (χ3v) is 2.70. The molecule has 1 heterocycles. The number of unbranched alkanes of at least 4 members (excludes halogenated alkanes) is 1. The topological polar surface area (TPSA) is 64.9 Å². The predicted octanol–water partition coefficient (Wildman–Crippen LogP) is 2.77. The van der Waals surface area contributed by atoms with E-state index in [0.717, 1.165) is 31.5 Å². The van der Waals surface area contributed by atoms with E-state index in [1.54, 1.807) is 0 Å². The molecular weight excluding hydrogens is 190 g/mol. The van der Waals surface area contributed by atoms with Crippen LogP contribution in [0.1, 0.15) is 70.1 Å². The van der Waals surface area contributed by atoms with Crippen molar-refractivity contribution in [1.82, 2.24) is 10.1 Å². The zero-order valence-corrected chi connectivity index (χ0v) is 9.86. The van der Waals surface area contributed by atoms with Crippen LogP contribution < -0.4 is 5.73 Å². The highest BCUT2D eigenvalue weighted by Crippen LogP contribution is 2.19. The molecule has 2 N–H and O–H groups in total. The van der Waals surface area contributed by atoms with Crippen LogP contribution in [0.3, 0.4) is 0 Å². The number of hydrogen-bond acceptors (Lipinski definition) is 4. The minimum atomic E-state index is -0.102. The highest BCUT2D eigenvalue weighted by Gasteiger charge is 2.16. The van der Waals surface area contributed by atoms with Crippen LogP contribution in [-0.2, 0) is 0 Å². The molecule has 1 aromatic heterocycles. The summed E-state index contributed by atoms with van der Waals surface area (Å²) in [6.07, 6.45) is 4.17. The van der Waals surface area contributed by atoms with Gasteiger partial charge in [-0.2, -0.15) is 4.98 Å². The number of nitrogens with zero attached hydrogens (tertiary/aromatic N) is 2. The van der Waals surface area contributed by atoms with E-state index in [1.165, 1.54) is 0 Å². The third-order valence-electron chi connectivity index (χ3n) is 2.70. The summed E-state index contributed by atoms with van der Waals surface area (Å²) < 4.78 is 5.16. The Hall–Kier alpha value is -0.900. The van der Waals surface area contributed by atoms with Crippen LogP contribution in [0.15, 0.2) is 4.52 Å². The lowest BCUT2D eigenvalue weighted by Crippen LogP contribution is -2.10. The molecule has 86 valence electrons. The molecule has 2 atom stereocenters. The van der Waals surface area contributed by atoms with Gasteiger partial charge in [-0.05, 0) is 12.8 Å². The molecule has 0 aliphatic carbocycles. The molecule has 0 saturated carbocycles. The largest absolute Gasteiger partial charge is 0.338 e. The number of nitrogens with two attached hydrogens (primary N) is 1. The van der Waals surface area contributed by atoms with Gasteiger partial charge in [0.15, 0.2) is 5.82 Å². The van der Waals surface area contributed by atoms with Crippen LogP contribution in [0, 0.1) is 0 Å². The Kier molecular flexibility index (Phi) is 4.75. The molecule has 4 nitrogen and oxygen atoms in total. The highest BCUT2D eigenvalue weighted by atomic mass is 16.5. The van der Waals surface area contributed by atoms with Gasteiger partial charge in [0.2, 0.25) is 5.89 Å². The van der Waals surface area contributed by atoms with Crippen LogP contribution in [-0.4, -0.2) is 10.1 Å². The summed E-state index contributed by atoms with van der Waals surface area (Å²) in [6, 6.07) is -0.102. The van der Waals surface area contributed by atoms with Gasteiger partial charge in [-0.25, -0.2) is 0 Å². The minimum Gasteiger partial charge on any atom is -0.338 e. The summed E-state index contributed by atoms with van der Waals surface area (Å²) in [6.45, 7) is 6.34. The molecule has 0 amide bonds. The number of aromatic nitrogens is 2. The Labute approximate surface area is 91.2 Å². The second-order valence-electron chi connectivity index (χ2n) is 4.05. The van der Waals surface area contributed by atoms with Gasteiger partial charge in [-0.1, -0.05) is 38.8 Å². The Balaban J connectivity index is 2.58. The first-order chi connectivity index (χ1) is 7.19. The monoisotopic (exact) mass is 211 g/mol. The summed E-state index contributed by atoms with van der Waals surface area (Å²) in [5, 5.41) is 3.95. The summed E-state index contributed by atoms with van der Waals surface area (Å²) in [5.74, 6) is 1.71. The minimum absolute atomic E-state index is 0.102. The van der Waals surface area contributed by atoms with E-state index in [4.69, 9.17) is 10.3 Å². The van der Waals surface area contributed by atoms with E-state index in [-0.39, 0.29) is 6.04 Å². The van der Waals surface area contributed by atoms with E-state index >= 15 is 0 Å². The van der Waals surface area contributed by atoms with Gasteiger partial charge in [0, 0.05) is 5.92 Å². The zero-order valence-electron chi connectivity index (χ0n) is 9.86. The Morgan fingerprint density at radius 2 is 2.13 bits per heavy atom. The Morgan fingerprint density at radius 3 is 2.73 bits per heavy atom. The normalized spacial score (nSPS) is 15.2. The Bertz CT molecular complexity index is 285. The molecule has 0 aromatic carbocycles. The molecule has 2 unspecified atom stereocenters. The summed E-state index contributed by atoms with van der Waals surface area (Å²) >= 11 is 0. The first-order valence-corrected chi connectivity index (χ1v) is 5.78. The molecule has 0 fully saturated rings. The van der Waals surface area contributed by atoms with Gasteiger partial charge in [0.1, 0.15) is 0 Å². The summed E-state index contributed by atoms with van der Waals surface area (Å²) in [4.78, 5) is 4.33. The molecule has 0 aliphatic heterocycles. The van der Waals surface area contributed by atoms with Gasteiger partial charge in [0.05, 0.1) is 6.04 Å². The first-order valence-electron chi connectivity index (χ1n) is 5.78. The van der Waals surface area contributed by atoms with E-state index in [2.05, 4.69) is 30.9 Å². The smallest absolute Gasteiger partial charge is 0.243 e. The summed E-state index contributed by atoms with van der Waals surface area (Å²) in [7, 11) is 0. The van der Waals surface area contributed by atoms with Crippen LogP contribution in [0.5, 0.6) is 0 Å². The summed E-state index contributed by atoms with van der Waals surface area (Å²) in [5.41, 5.74) is 5.94. The van der Waals surface area contributed by atoms with E-state index in [9.17, 15) is 0 Å². The predicted molar refractivity (Wildman–Crippen MR) is 59.5 cm³/mol. The van der Waals surface area contributed by atoms with Gasteiger partial charge < -0.3 is 10.3 Å². The van der Waals surface area contributed by atoms with Crippen molar-refractivity contribution in [3.05, 3.63) is 11.7 Å². The molecule has 0 bridgehead atoms. The average molecular weight is 211 g/mol. The van der Waals surface area contributed by atoms with Crippen molar-refractivity contribution < 1.29 is 4.52 Å². The third kappa shape index (κ3) is 3.30. The maximum Gasteiger partial charge on any atom is 0.243 e. The lowest BCUT2D eigenvalue weighted by Gasteiger charge is -2.04. The van der Waals surface area contributed by atoms with Crippen molar-refractivity contribution in [2.75, 3.05) is 0 Å². The molecule has 0 saturated heterocycles. The van der Waals surface area contributed by atoms with E-state index in [1.807, 2.05) is 0 Å². The quantitative estimate of drug-likeness (QED) is 0.785. The molecule has 15 heavy (non-hydrogen) atoms. The zero-order chi connectivity index (χ0) is 11.3. The van der Waals surface area contributed by atoms with Gasteiger partial charge >= 0.3 is 0 Å². The van der Waals surface area contributed by atoms with Crippen molar-refractivity contribution in [3.8, 4) is 0 Å². The van der Waals surface area contributed by atoms with Crippen LogP contribution in [0.2, 0.25) is 0 Å². The van der Waals surface area contributed by atoms with Crippen LogP contribution in [0.4, 0.5) is 0 Å². The maximum absolute atomic E-state index is 5.94. The number of rotatable bonds is 6. The van der Waals surface area contributed by atoms with E-state index < -0.39 is 0 Å². The lowest BCUT2D eigenvalue weighted by molar-refractivity contribution is 0.341. The molecule has 0 spiro atoms. The molecule has 0 aliphatic rings. The molecule has 4 heteroatoms. The van der Waals surface area contributed by atoms with Crippen molar-refractivity contribution in [3.63, 3.8) is 0 Å². The molecule has 1 rings (SSSR count). The Morgan fingerprint density at radius 1 is 1.40 bits per heavy atom.